The molecule has 102 valence electrons. The molecule has 0 fully saturated rings. The molecular weight excluding hydrogens is 256 g/mol. The van der Waals surface area contributed by atoms with Gasteiger partial charge in [-0.1, -0.05) is 0 Å². The summed E-state index contributed by atoms with van der Waals surface area (Å²) in [6.07, 6.45) is 5.03. The van der Waals surface area contributed by atoms with Crippen LogP contribution in [0.3, 0.4) is 0 Å². The van der Waals surface area contributed by atoms with Crippen LogP contribution in [0.15, 0.2) is 28.1 Å². The smallest absolute Gasteiger partial charge is 0.329 e. The topological polar surface area (TPSA) is 83.3 Å². The van der Waals surface area contributed by atoms with E-state index in [0.717, 1.165) is 17.0 Å². The molecule has 0 bridgehead atoms. The number of aromatic hydroxyl groups is 1. The zero-order valence-corrected chi connectivity index (χ0v) is 11.2. The van der Waals surface area contributed by atoms with Crippen molar-refractivity contribution >= 4 is 23.6 Å². The van der Waals surface area contributed by atoms with E-state index in [9.17, 15) is 9.90 Å². The highest BCUT2D eigenvalue weighted by Gasteiger charge is 2.17. The molecule has 0 saturated heterocycles. The second-order valence-electron chi connectivity index (χ2n) is 4.86. The zero-order valence-electron chi connectivity index (χ0n) is 11.2. The van der Waals surface area contributed by atoms with Gasteiger partial charge in [0.2, 0.25) is 5.88 Å². The highest BCUT2D eigenvalue weighted by Crippen LogP contribution is 2.31. The van der Waals surface area contributed by atoms with Crippen molar-refractivity contribution in [1.29, 1.82) is 0 Å². The fourth-order valence-electron chi connectivity index (χ4n) is 2.22. The van der Waals surface area contributed by atoms with Gasteiger partial charge in [-0.3, -0.25) is 14.5 Å². The first-order valence-corrected chi connectivity index (χ1v) is 6.32. The Morgan fingerprint density at radius 2 is 2.25 bits per heavy atom. The number of allylic oxidation sites excluding steroid dienone is 1. The van der Waals surface area contributed by atoms with Gasteiger partial charge in [-0.25, -0.2) is 4.79 Å². The highest BCUT2D eigenvalue weighted by molar-refractivity contribution is 6.20. The maximum absolute atomic E-state index is 11.8. The Morgan fingerprint density at radius 1 is 1.45 bits per heavy atom. The zero-order chi connectivity index (χ0) is 14.3. The molecule has 1 aliphatic heterocycles. The lowest BCUT2D eigenvalue weighted by molar-refractivity contribution is 0.395. The minimum Gasteiger partial charge on any atom is -0.493 e. The maximum atomic E-state index is 11.8. The van der Waals surface area contributed by atoms with Crippen LogP contribution in [-0.4, -0.2) is 25.9 Å². The first-order chi connectivity index (χ1) is 9.58. The molecule has 0 unspecified atom stereocenters. The van der Waals surface area contributed by atoms with E-state index in [2.05, 4.69) is 15.0 Å². The van der Waals surface area contributed by atoms with Crippen LogP contribution in [0.2, 0.25) is 0 Å². The average Bonchev–Trinajstić information content (AvgIpc) is 2.93. The largest absolute Gasteiger partial charge is 0.493 e. The first kappa shape index (κ1) is 12.4. The number of fused-ring (bicyclic) bond motifs is 1. The lowest BCUT2D eigenvalue weighted by Gasteiger charge is -2.05. The number of rotatable bonds is 2. The first-order valence-electron chi connectivity index (χ1n) is 6.32. The van der Waals surface area contributed by atoms with Crippen LogP contribution in [0.25, 0.3) is 11.6 Å². The third kappa shape index (κ3) is 1.85. The van der Waals surface area contributed by atoms with Gasteiger partial charge in [0.05, 0.1) is 11.4 Å². The predicted octanol–water partition coefficient (Wildman–Crippen LogP) is 2.11. The van der Waals surface area contributed by atoms with Crippen molar-refractivity contribution in [3.63, 3.8) is 0 Å². The van der Waals surface area contributed by atoms with Crippen molar-refractivity contribution in [2.75, 3.05) is 0 Å². The van der Waals surface area contributed by atoms with Crippen LogP contribution < -0.4 is 5.69 Å². The summed E-state index contributed by atoms with van der Waals surface area (Å²) < 4.78 is 1.30. The molecule has 0 saturated carbocycles. The molecular formula is C14H14N4O2. The number of nitrogens with one attached hydrogen (secondary N) is 1. The molecule has 2 aromatic heterocycles. The Bertz CT molecular complexity index is 781. The van der Waals surface area contributed by atoms with Gasteiger partial charge in [0, 0.05) is 24.0 Å². The Hall–Kier alpha value is -2.63. The Labute approximate surface area is 115 Å². The number of H-pyrrole nitrogens is 1. The number of nitrogens with zero attached hydrogens (tertiary/aromatic N) is 3. The Balaban J connectivity index is 2.10. The second kappa shape index (κ2) is 4.48. The van der Waals surface area contributed by atoms with Gasteiger partial charge >= 0.3 is 5.69 Å². The van der Waals surface area contributed by atoms with Crippen LogP contribution in [0.4, 0.5) is 5.69 Å². The van der Waals surface area contributed by atoms with Gasteiger partial charge in [0.15, 0.2) is 0 Å². The summed E-state index contributed by atoms with van der Waals surface area (Å²) in [6, 6.07) is 3.56. The van der Waals surface area contributed by atoms with Gasteiger partial charge in [0.25, 0.3) is 0 Å². The third-order valence-electron chi connectivity index (χ3n) is 3.15. The number of hydrogen-bond acceptors (Lipinski definition) is 4. The standard InChI is InChI=1S/C14H14N4O2/c1-8(2)18-13(19)11(17-14(18)20)6-9-7-16-10-4-3-5-15-12(9)10/h3-8,19H,1-2H3,(H,17,20)/b9-6+. The molecule has 2 aromatic rings. The summed E-state index contributed by atoms with van der Waals surface area (Å²) in [5.74, 6) is -0.0738. The van der Waals surface area contributed by atoms with Crippen molar-refractivity contribution in [2.45, 2.75) is 19.9 Å². The van der Waals surface area contributed by atoms with Crippen LogP contribution in [0, 0.1) is 0 Å². The van der Waals surface area contributed by atoms with E-state index in [1.807, 2.05) is 26.0 Å². The van der Waals surface area contributed by atoms with E-state index in [4.69, 9.17) is 0 Å². The van der Waals surface area contributed by atoms with Crippen LogP contribution in [-0.2, 0) is 0 Å². The molecule has 20 heavy (non-hydrogen) atoms. The van der Waals surface area contributed by atoms with Crippen molar-refractivity contribution in [3.05, 3.63) is 40.2 Å². The molecule has 0 atom stereocenters. The molecule has 0 amide bonds. The summed E-state index contributed by atoms with van der Waals surface area (Å²) in [4.78, 5) is 22.9. The lowest BCUT2D eigenvalue weighted by atomic mass is 10.1. The fourth-order valence-corrected chi connectivity index (χ4v) is 2.22. The monoisotopic (exact) mass is 270 g/mol. The number of aromatic amines is 1. The Morgan fingerprint density at radius 3 is 2.95 bits per heavy atom. The average molecular weight is 270 g/mol. The highest BCUT2D eigenvalue weighted by atomic mass is 16.3. The van der Waals surface area contributed by atoms with Gasteiger partial charge in [0.1, 0.15) is 5.69 Å². The number of imidazole rings is 1. The van der Waals surface area contributed by atoms with Crippen molar-refractivity contribution in [1.82, 2.24) is 14.5 Å². The summed E-state index contributed by atoms with van der Waals surface area (Å²) in [5, 5.41) is 10.1. The third-order valence-corrected chi connectivity index (χ3v) is 3.15. The van der Waals surface area contributed by atoms with Crippen molar-refractivity contribution in [2.24, 2.45) is 4.99 Å². The van der Waals surface area contributed by atoms with Crippen LogP contribution in [0.5, 0.6) is 5.88 Å². The molecule has 3 rings (SSSR count). The minimum absolute atomic E-state index is 0.0738. The van der Waals surface area contributed by atoms with Gasteiger partial charge in [-0.15, -0.1) is 0 Å². The Kier molecular flexibility index (Phi) is 2.78. The van der Waals surface area contributed by atoms with E-state index >= 15 is 0 Å². The van der Waals surface area contributed by atoms with Crippen LogP contribution in [0.1, 0.15) is 31.3 Å². The molecule has 3 heterocycles. The summed E-state index contributed by atoms with van der Waals surface area (Å²) >= 11 is 0. The fraction of sp³-hybridized carbons (Fsp3) is 0.214. The lowest BCUT2D eigenvalue weighted by Crippen LogP contribution is -2.18. The molecule has 0 aliphatic carbocycles. The molecule has 0 spiro atoms. The predicted molar refractivity (Wildman–Crippen MR) is 77.4 cm³/mol. The number of hydrogen-bond donors (Lipinski definition) is 2. The molecule has 6 heteroatoms. The van der Waals surface area contributed by atoms with Gasteiger partial charge in [-0.2, -0.15) is 0 Å². The van der Waals surface area contributed by atoms with E-state index in [1.165, 1.54) is 4.57 Å². The number of pyridine rings is 1. The van der Waals surface area contributed by atoms with Gasteiger partial charge in [-0.05, 0) is 32.1 Å². The normalized spacial score (nSPS) is 15.2. The maximum Gasteiger partial charge on any atom is 0.329 e. The number of aromatic nitrogens is 3. The second-order valence-corrected chi connectivity index (χ2v) is 4.86. The molecule has 0 radical (unpaired) electrons. The SMILES string of the molecule is CC(C)n1c(O)c(/C=C2\C=Nc3cccnc32)[nH]c1=O. The summed E-state index contributed by atoms with van der Waals surface area (Å²) in [7, 11) is 0. The molecule has 2 N–H and O–H groups in total. The van der Waals surface area contributed by atoms with Gasteiger partial charge < -0.3 is 10.1 Å². The molecule has 0 aromatic carbocycles. The molecule has 6 nitrogen and oxygen atoms in total. The summed E-state index contributed by atoms with van der Waals surface area (Å²) in [5.41, 5.74) is 2.31. The van der Waals surface area contributed by atoms with E-state index in [1.54, 1.807) is 18.5 Å². The van der Waals surface area contributed by atoms with Crippen molar-refractivity contribution in [3.8, 4) is 5.88 Å². The number of aliphatic imine (C=N–C) groups is 1. The van der Waals surface area contributed by atoms with Crippen LogP contribution >= 0.6 is 0 Å². The van der Waals surface area contributed by atoms with Crippen molar-refractivity contribution < 1.29 is 5.11 Å². The molecule has 1 aliphatic rings. The quantitative estimate of drug-likeness (QED) is 0.876. The van der Waals surface area contributed by atoms with E-state index < -0.39 is 0 Å². The van der Waals surface area contributed by atoms with E-state index in [-0.39, 0.29) is 17.6 Å². The minimum atomic E-state index is -0.333. The van der Waals surface area contributed by atoms with E-state index in [0.29, 0.717) is 5.69 Å². The summed E-state index contributed by atoms with van der Waals surface area (Å²) in [6.45, 7) is 3.67.